The lowest BCUT2D eigenvalue weighted by Gasteiger charge is -2.09. The maximum atomic E-state index is 11.8. The van der Waals surface area contributed by atoms with Gasteiger partial charge in [-0.05, 0) is 36.2 Å². The number of anilines is 3. The predicted octanol–water partition coefficient (Wildman–Crippen LogP) is 2.38. The Bertz CT molecular complexity index is 996. The first kappa shape index (κ1) is 22.5. The molecule has 1 aromatic carbocycles. The van der Waals surface area contributed by atoms with E-state index in [4.69, 9.17) is 4.74 Å². The number of carbonyl (C=O) groups excluding carboxylic acids is 2. The number of nitrogens with zero attached hydrogens (tertiary/aromatic N) is 3. The van der Waals surface area contributed by atoms with E-state index in [1.54, 1.807) is 18.3 Å². The van der Waals surface area contributed by atoms with Gasteiger partial charge in [0.15, 0.2) is 5.82 Å². The average Bonchev–Trinajstić information content (AvgIpc) is 2.82. The average molecular weight is 435 g/mol. The minimum atomic E-state index is -0.646. The highest BCUT2D eigenvalue weighted by Crippen LogP contribution is 2.12. The van der Waals surface area contributed by atoms with Crippen LogP contribution in [0.5, 0.6) is 0 Å². The summed E-state index contributed by atoms with van der Waals surface area (Å²) in [7, 11) is 0. The van der Waals surface area contributed by atoms with Crippen molar-refractivity contribution < 1.29 is 14.3 Å². The third kappa shape index (κ3) is 7.90. The van der Waals surface area contributed by atoms with Gasteiger partial charge < -0.3 is 26.0 Å². The molecule has 0 saturated carbocycles. The van der Waals surface area contributed by atoms with Gasteiger partial charge in [0, 0.05) is 19.3 Å². The predicted molar refractivity (Wildman–Crippen MR) is 120 cm³/mol. The Kier molecular flexibility index (Phi) is 8.32. The quantitative estimate of drug-likeness (QED) is 0.357. The standard InChI is InChI=1S/C22H25N7O3/c1-16-7-8-18(25-13-16)27-20-10-9-19(28-29-20)23-11-12-24-21(30)14-26-22(31)32-15-17-5-3-2-4-6-17/h2-10,13H,11-12,14-15H2,1H3,(H,23,28)(H,24,30)(H,26,31)(H,25,27,29). The van der Waals surface area contributed by atoms with Crippen molar-refractivity contribution in [3.8, 4) is 0 Å². The van der Waals surface area contributed by atoms with Crippen LogP contribution in [0.15, 0.2) is 60.8 Å². The molecule has 2 amide bonds. The molecule has 0 atom stereocenters. The van der Waals surface area contributed by atoms with Crippen LogP contribution in [0, 0.1) is 6.92 Å². The molecule has 2 heterocycles. The van der Waals surface area contributed by atoms with Crippen LogP contribution >= 0.6 is 0 Å². The van der Waals surface area contributed by atoms with Crippen molar-refractivity contribution in [1.29, 1.82) is 0 Å². The van der Waals surface area contributed by atoms with Crippen LogP contribution in [0.1, 0.15) is 11.1 Å². The first-order chi connectivity index (χ1) is 15.6. The lowest BCUT2D eigenvalue weighted by atomic mass is 10.2. The SMILES string of the molecule is Cc1ccc(Nc2ccc(NCCNC(=O)CNC(=O)OCc3ccccc3)nn2)nc1. The second-order valence-electron chi connectivity index (χ2n) is 6.84. The fourth-order valence-electron chi connectivity index (χ4n) is 2.55. The van der Waals surface area contributed by atoms with Crippen LogP contribution in [0.25, 0.3) is 0 Å². The topological polar surface area (TPSA) is 130 Å². The van der Waals surface area contributed by atoms with Crippen LogP contribution < -0.4 is 21.3 Å². The molecular formula is C22H25N7O3. The molecule has 10 nitrogen and oxygen atoms in total. The molecule has 10 heteroatoms. The Morgan fingerprint density at radius 2 is 1.62 bits per heavy atom. The van der Waals surface area contributed by atoms with Crippen molar-refractivity contribution in [3.63, 3.8) is 0 Å². The summed E-state index contributed by atoms with van der Waals surface area (Å²) in [6.45, 7) is 2.76. The van der Waals surface area contributed by atoms with E-state index in [0.29, 0.717) is 30.5 Å². The highest BCUT2D eigenvalue weighted by atomic mass is 16.5. The fraction of sp³-hybridized carbons (Fsp3) is 0.227. The van der Waals surface area contributed by atoms with Gasteiger partial charge in [0.05, 0.1) is 6.54 Å². The van der Waals surface area contributed by atoms with E-state index in [2.05, 4.69) is 36.4 Å². The van der Waals surface area contributed by atoms with E-state index in [-0.39, 0.29) is 19.1 Å². The highest BCUT2D eigenvalue weighted by molar-refractivity contribution is 5.82. The molecule has 166 valence electrons. The molecule has 0 spiro atoms. The van der Waals surface area contributed by atoms with Gasteiger partial charge in [0.1, 0.15) is 18.2 Å². The Morgan fingerprint density at radius 1 is 0.875 bits per heavy atom. The van der Waals surface area contributed by atoms with Gasteiger partial charge >= 0.3 is 6.09 Å². The molecule has 0 unspecified atom stereocenters. The van der Waals surface area contributed by atoms with Crippen LogP contribution in [0.2, 0.25) is 0 Å². The van der Waals surface area contributed by atoms with E-state index in [9.17, 15) is 9.59 Å². The normalized spacial score (nSPS) is 10.2. The molecule has 3 rings (SSSR count). The molecule has 0 radical (unpaired) electrons. The maximum absolute atomic E-state index is 11.8. The van der Waals surface area contributed by atoms with Crippen molar-refractivity contribution >= 4 is 29.5 Å². The van der Waals surface area contributed by atoms with Crippen LogP contribution in [0.4, 0.5) is 22.2 Å². The summed E-state index contributed by atoms with van der Waals surface area (Å²) >= 11 is 0. The van der Waals surface area contributed by atoms with Crippen LogP contribution in [-0.4, -0.2) is 46.8 Å². The minimum Gasteiger partial charge on any atom is -0.445 e. The number of amides is 2. The minimum absolute atomic E-state index is 0.148. The maximum Gasteiger partial charge on any atom is 0.407 e. The number of hydrogen-bond donors (Lipinski definition) is 4. The summed E-state index contributed by atoms with van der Waals surface area (Å²) in [5.74, 6) is 1.51. The van der Waals surface area contributed by atoms with E-state index >= 15 is 0 Å². The Morgan fingerprint density at radius 3 is 2.34 bits per heavy atom. The first-order valence-corrected chi connectivity index (χ1v) is 10.1. The molecule has 4 N–H and O–H groups in total. The molecule has 0 aliphatic heterocycles. The number of aromatic nitrogens is 3. The van der Waals surface area contributed by atoms with Gasteiger partial charge in [0.2, 0.25) is 5.91 Å². The molecule has 0 fully saturated rings. The van der Waals surface area contributed by atoms with Crippen molar-refractivity contribution in [2.45, 2.75) is 13.5 Å². The number of alkyl carbamates (subject to hydrolysis) is 1. The number of benzene rings is 1. The molecule has 0 aliphatic carbocycles. The van der Waals surface area contributed by atoms with Crippen molar-refractivity contribution in [3.05, 3.63) is 71.9 Å². The largest absolute Gasteiger partial charge is 0.445 e. The van der Waals surface area contributed by atoms with Crippen LogP contribution in [-0.2, 0) is 16.1 Å². The molecule has 2 aromatic heterocycles. The van der Waals surface area contributed by atoms with Crippen molar-refractivity contribution in [1.82, 2.24) is 25.8 Å². The zero-order valence-corrected chi connectivity index (χ0v) is 17.7. The molecular weight excluding hydrogens is 410 g/mol. The lowest BCUT2D eigenvalue weighted by Crippen LogP contribution is -2.38. The second kappa shape index (κ2) is 11.8. The third-order valence-corrected chi connectivity index (χ3v) is 4.19. The molecule has 0 saturated heterocycles. The number of hydrogen-bond acceptors (Lipinski definition) is 8. The third-order valence-electron chi connectivity index (χ3n) is 4.19. The molecule has 0 aliphatic rings. The van der Waals surface area contributed by atoms with Gasteiger partial charge in [-0.3, -0.25) is 4.79 Å². The molecule has 32 heavy (non-hydrogen) atoms. The molecule has 3 aromatic rings. The fourth-order valence-corrected chi connectivity index (χ4v) is 2.55. The summed E-state index contributed by atoms with van der Waals surface area (Å²) in [4.78, 5) is 27.7. The summed E-state index contributed by atoms with van der Waals surface area (Å²) in [5, 5.41) is 19.4. The number of nitrogens with one attached hydrogen (secondary N) is 4. The number of pyridine rings is 1. The van der Waals surface area contributed by atoms with E-state index < -0.39 is 6.09 Å². The lowest BCUT2D eigenvalue weighted by molar-refractivity contribution is -0.120. The zero-order valence-electron chi connectivity index (χ0n) is 17.7. The van der Waals surface area contributed by atoms with Gasteiger partial charge in [-0.1, -0.05) is 36.4 Å². The first-order valence-electron chi connectivity index (χ1n) is 10.1. The Balaban J connectivity index is 1.28. The summed E-state index contributed by atoms with van der Waals surface area (Å²) in [6.07, 6.45) is 1.12. The van der Waals surface area contributed by atoms with Crippen molar-refractivity contribution in [2.75, 3.05) is 30.3 Å². The summed E-state index contributed by atoms with van der Waals surface area (Å²) in [6, 6.07) is 16.7. The summed E-state index contributed by atoms with van der Waals surface area (Å²) in [5.41, 5.74) is 1.95. The van der Waals surface area contributed by atoms with Gasteiger partial charge in [-0.15, -0.1) is 10.2 Å². The smallest absolute Gasteiger partial charge is 0.407 e. The van der Waals surface area contributed by atoms with Crippen molar-refractivity contribution in [2.24, 2.45) is 0 Å². The molecule has 0 bridgehead atoms. The van der Waals surface area contributed by atoms with Crippen LogP contribution in [0.3, 0.4) is 0 Å². The van der Waals surface area contributed by atoms with E-state index in [0.717, 1.165) is 11.1 Å². The van der Waals surface area contributed by atoms with Gasteiger partial charge in [-0.25, -0.2) is 9.78 Å². The van der Waals surface area contributed by atoms with Gasteiger partial charge in [0.25, 0.3) is 0 Å². The highest BCUT2D eigenvalue weighted by Gasteiger charge is 2.06. The monoisotopic (exact) mass is 435 g/mol. The number of carbonyl (C=O) groups is 2. The number of aryl methyl sites for hydroxylation is 1. The van der Waals surface area contributed by atoms with E-state index in [1.807, 2.05) is 49.4 Å². The Labute approximate surface area is 185 Å². The number of rotatable bonds is 10. The number of ether oxygens (including phenoxy) is 1. The Hall–Kier alpha value is -4.21. The summed E-state index contributed by atoms with van der Waals surface area (Å²) < 4.78 is 5.05. The van der Waals surface area contributed by atoms with E-state index in [1.165, 1.54) is 0 Å². The zero-order chi connectivity index (χ0) is 22.6. The second-order valence-corrected chi connectivity index (χ2v) is 6.84. The van der Waals surface area contributed by atoms with Gasteiger partial charge in [-0.2, -0.15) is 0 Å².